The van der Waals surface area contributed by atoms with Crippen LogP contribution in [-0.2, 0) is 4.74 Å². The summed E-state index contributed by atoms with van der Waals surface area (Å²) < 4.78 is 5.48. The van der Waals surface area contributed by atoms with E-state index in [1.165, 1.54) is 0 Å². The Morgan fingerprint density at radius 2 is 1.67 bits per heavy atom. The fourth-order valence-electron chi connectivity index (χ4n) is 2.33. The Labute approximate surface area is 105 Å². The van der Waals surface area contributed by atoms with Crippen LogP contribution in [0.5, 0.6) is 0 Å². The van der Waals surface area contributed by atoms with Gasteiger partial charge in [0.15, 0.2) is 6.10 Å². The van der Waals surface area contributed by atoms with E-state index in [0.29, 0.717) is 5.56 Å². The van der Waals surface area contributed by atoms with E-state index in [2.05, 4.69) is 5.32 Å². The summed E-state index contributed by atoms with van der Waals surface area (Å²) in [5.74, 6) is -0.249. The molecule has 1 atom stereocenters. The second kappa shape index (κ2) is 4.18. The van der Waals surface area contributed by atoms with Crippen molar-refractivity contribution < 1.29 is 9.53 Å². The normalized spacial score (nSPS) is 17.2. The molecule has 0 amide bonds. The maximum atomic E-state index is 11.8. The minimum Gasteiger partial charge on any atom is -0.449 e. The van der Waals surface area contributed by atoms with Gasteiger partial charge in [0.25, 0.3) is 0 Å². The first kappa shape index (κ1) is 10.8. The van der Waals surface area contributed by atoms with E-state index in [1.54, 1.807) is 6.07 Å². The van der Waals surface area contributed by atoms with Crippen LogP contribution >= 0.6 is 0 Å². The zero-order valence-corrected chi connectivity index (χ0v) is 10.0. The number of carbonyl (C=O) groups is 1. The van der Waals surface area contributed by atoms with Crippen LogP contribution in [-0.4, -0.2) is 13.0 Å². The van der Waals surface area contributed by atoms with Gasteiger partial charge in [0.05, 0.1) is 5.56 Å². The Kier molecular flexibility index (Phi) is 2.52. The lowest BCUT2D eigenvalue weighted by molar-refractivity contribution is 0.0457. The van der Waals surface area contributed by atoms with Crippen LogP contribution < -0.4 is 5.32 Å². The molecular formula is C15H13NO2. The predicted octanol–water partition coefficient (Wildman–Crippen LogP) is 2.99. The van der Waals surface area contributed by atoms with Crippen molar-refractivity contribution in [2.24, 2.45) is 0 Å². The average molecular weight is 239 g/mol. The Balaban J connectivity index is 2.12. The van der Waals surface area contributed by atoms with Crippen molar-refractivity contribution in [1.82, 2.24) is 0 Å². The average Bonchev–Trinajstić information content (AvgIpc) is 2.77. The molecule has 0 aromatic heterocycles. The summed E-state index contributed by atoms with van der Waals surface area (Å²) in [4.78, 5) is 11.8. The van der Waals surface area contributed by atoms with Gasteiger partial charge in [-0.15, -0.1) is 0 Å². The molecule has 0 spiro atoms. The van der Waals surface area contributed by atoms with E-state index in [0.717, 1.165) is 16.8 Å². The van der Waals surface area contributed by atoms with Crippen LogP contribution in [0.3, 0.4) is 0 Å². The van der Waals surface area contributed by atoms with Gasteiger partial charge in [-0.05, 0) is 12.1 Å². The molecule has 0 saturated heterocycles. The number of rotatable bonds is 2. The fraction of sp³-hybridized carbons (Fsp3) is 0.133. The van der Waals surface area contributed by atoms with Crippen LogP contribution in [0.1, 0.15) is 27.6 Å². The minimum absolute atomic E-state index is 0.249. The number of carbonyl (C=O) groups excluding carboxylic acids is 1. The Hall–Kier alpha value is -2.29. The van der Waals surface area contributed by atoms with Gasteiger partial charge < -0.3 is 10.1 Å². The number of esters is 1. The molecule has 3 heteroatoms. The first-order chi connectivity index (χ1) is 8.81. The molecule has 90 valence electrons. The second-order valence-electron chi connectivity index (χ2n) is 4.21. The molecule has 1 unspecified atom stereocenters. The smallest absolute Gasteiger partial charge is 0.339 e. The molecule has 1 heterocycles. The number of nitrogens with one attached hydrogen (secondary N) is 1. The summed E-state index contributed by atoms with van der Waals surface area (Å²) >= 11 is 0. The summed E-state index contributed by atoms with van der Waals surface area (Å²) in [5.41, 5.74) is 3.56. The Morgan fingerprint density at radius 3 is 2.44 bits per heavy atom. The number of ether oxygens (including phenoxy) is 1. The topological polar surface area (TPSA) is 38.3 Å². The second-order valence-corrected chi connectivity index (χ2v) is 4.21. The molecule has 1 aliphatic heterocycles. The molecule has 0 fully saturated rings. The Bertz CT molecular complexity index is 607. The lowest BCUT2D eigenvalue weighted by atomic mass is 9.98. The quantitative estimate of drug-likeness (QED) is 0.819. The Morgan fingerprint density at radius 1 is 1.00 bits per heavy atom. The first-order valence-electron chi connectivity index (χ1n) is 5.88. The number of para-hydroxylation sites is 1. The summed E-state index contributed by atoms with van der Waals surface area (Å²) in [6.07, 6.45) is -0.308. The van der Waals surface area contributed by atoms with Crippen molar-refractivity contribution in [3.05, 3.63) is 65.2 Å². The molecule has 0 saturated carbocycles. The van der Waals surface area contributed by atoms with Crippen LogP contribution in [0.4, 0.5) is 5.69 Å². The number of anilines is 1. The van der Waals surface area contributed by atoms with Gasteiger partial charge in [0.2, 0.25) is 0 Å². The third-order valence-corrected chi connectivity index (χ3v) is 3.20. The van der Waals surface area contributed by atoms with Gasteiger partial charge in [-0.2, -0.15) is 0 Å². The number of fused-ring (bicyclic) bond motifs is 1. The zero-order valence-electron chi connectivity index (χ0n) is 10.0. The third kappa shape index (κ3) is 1.56. The highest BCUT2D eigenvalue weighted by Crippen LogP contribution is 2.38. The number of hydrogen-bond acceptors (Lipinski definition) is 3. The molecule has 0 bridgehead atoms. The lowest BCUT2D eigenvalue weighted by Gasteiger charge is -2.15. The summed E-state index contributed by atoms with van der Waals surface area (Å²) in [5, 5.41) is 3.13. The van der Waals surface area contributed by atoms with Gasteiger partial charge in [-0.3, -0.25) is 0 Å². The minimum atomic E-state index is -0.308. The SMILES string of the molecule is CNc1ccccc1C1OC(=O)c2ccccc21. The lowest BCUT2D eigenvalue weighted by Crippen LogP contribution is -2.04. The third-order valence-electron chi connectivity index (χ3n) is 3.20. The van der Waals surface area contributed by atoms with E-state index < -0.39 is 0 Å². The highest BCUT2D eigenvalue weighted by atomic mass is 16.5. The predicted molar refractivity (Wildman–Crippen MR) is 69.7 cm³/mol. The van der Waals surface area contributed by atoms with Crippen molar-refractivity contribution in [3.63, 3.8) is 0 Å². The van der Waals surface area contributed by atoms with Gasteiger partial charge >= 0.3 is 5.97 Å². The monoisotopic (exact) mass is 239 g/mol. The van der Waals surface area contributed by atoms with Gasteiger partial charge in [-0.25, -0.2) is 4.79 Å². The van der Waals surface area contributed by atoms with Crippen LogP contribution in [0.25, 0.3) is 0 Å². The maximum absolute atomic E-state index is 11.8. The number of cyclic esters (lactones) is 1. The maximum Gasteiger partial charge on any atom is 0.339 e. The molecule has 18 heavy (non-hydrogen) atoms. The number of hydrogen-bond donors (Lipinski definition) is 1. The first-order valence-corrected chi connectivity index (χ1v) is 5.88. The molecule has 1 aliphatic rings. The largest absolute Gasteiger partial charge is 0.449 e. The molecular weight excluding hydrogens is 226 g/mol. The van der Waals surface area contributed by atoms with E-state index in [9.17, 15) is 4.79 Å². The number of benzene rings is 2. The van der Waals surface area contributed by atoms with Crippen molar-refractivity contribution in [2.45, 2.75) is 6.10 Å². The van der Waals surface area contributed by atoms with E-state index in [4.69, 9.17) is 4.74 Å². The van der Waals surface area contributed by atoms with Crippen molar-refractivity contribution in [3.8, 4) is 0 Å². The van der Waals surface area contributed by atoms with Gasteiger partial charge in [0.1, 0.15) is 0 Å². The van der Waals surface area contributed by atoms with E-state index in [1.807, 2.05) is 49.5 Å². The van der Waals surface area contributed by atoms with Crippen molar-refractivity contribution in [2.75, 3.05) is 12.4 Å². The molecule has 2 aromatic rings. The highest BCUT2D eigenvalue weighted by molar-refractivity contribution is 5.94. The van der Waals surface area contributed by atoms with Crippen LogP contribution in [0, 0.1) is 0 Å². The zero-order chi connectivity index (χ0) is 12.5. The van der Waals surface area contributed by atoms with E-state index in [-0.39, 0.29) is 12.1 Å². The van der Waals surface area contributed by atoms with Gasteiger partial charge in [0, 0.05) is 23.9 Å². The van der Waals surface area contributed by atoms with Crippen LogP contribution in [0.2, 0.25) is 0 Å². The molecule has 0 aliphatic carbocycles. The standard InChI is InChI=1S/C15H13NO2/c1-16-13-9-5-4-8-12(13)14-10-6-2-3-7-11(10)15(17)18-14/h2-9,14,16H,1H3. The van der Waals surface area contributed by atoms with Gasteiger partial charge in [-0.1, -0.05) is 36.4 Å². The molecule has 1 N–H and O–H groups in total. The van der Waals surface area contributed by atoms with Crippen molar-refractivity contribution in [1.29, 1.82) is 0 Å². The highest BCUT2D eigenvalue weighted by Gasteiger charge is 2.32. The molecule has 3 rings (SSSR count). The molecule has 3 nitrogen and oxygen atoms in total. The molecule has 0 radical (unpaired) electrons. The van der Waals surface area contributed by atoms with Crippen molar-refractivity contribution >= 4 is 11.7 Å². The molecule has 2 aromatic carbocycles. The summed E-state index contributed by atoms with van der Waals surface area (Å²) in [6, 6.07) is 15.4. The van der Waals surface area contributed by atoms with E-state index >= 15 is 0 Å². The summed E-state index contributed by atoms with van der Waals surface area (Å²) in [7, 11) is 1.86. The fourth-order valence-corrected chi connectivity index (χ4v) is 2.33. The van der Waals surface area contributed by atoms with Crippen LogP contribution in [0.15, 0.2) is 48.5 Å². The summed E-state index contributed by atoms with van der Waals surface area (Å²) in [6.45, 7) is 0.